The Morgan fingerprint density at radius 2 is 1.94 bits per heavy atom. The van der Waals surface area contributed by atoms with E-state index in [1.807, 2.05) is 0 Å². The van der Waals surface area contributed by atoms with Gasteiger partial charge in [0, 0.05) is 13.1 Å². The van der Waals surface area contributed by atoms with Gasteiger partial charge in [0.05, 0.1) is 0 Å². The van der Waals surface area contributed by atoms with E-state index < -0.39 is 0 Å². The molecule has 1 N–H and O–H groups in total. The van der Waals surface area contributed by atoms with Gasteiger partial charge in [-0.25, -0.2) is 0 Å². The highest BCUT2D eigenvalue weighted by molar-refractivity contribution is 4.88. The van der Waals surface area contributed by atoms with Gasteiger partial charge in [-0.3, -0.25) is 0 Å². The van der Waals surface area contributed by atoms with Crippen molar-refractivity contribution in [3.05, 3.63) is 0 Å². The molecule has 0 aliphatic carbocycles. The molecule has 0 aromatic rings. The molecule has 1 heterocycles. The summed E-state index contributed by atoms with van der Waals surface area (Å²) >= 11 is 0. The van der Waals surface area contributed by atoms with Crippen molar-refractivity contribution in [3.63, 3.8) is 0 Å². The van der Waals surface area contributed by atoms with Crippen LogP contribution in [0.3, 0.4) is 0 Å². The summed E-state index contributed by atoms with van der Waals surface area (Å²) < 4.78 is 0. The normalized spacial score (nSPS) is 21.9. The Morgan fingerprint density at radius 1 is 1.24 bits per heavy atom. The molecule has 2 heteroatoms. The Hall–Kier alpha value is -0.0800. The van der Waals surface area contributed by atoms with E-state index in [4.69, 9.17) is 0 Å². The largest absolute Gasteiger partial charge is 0.316 e. The molecule has 1 aliphatic rings. The highest BCUT2D eigenvalue weighted by atomic mass is 15.2. The monoisotopic (exact) mass is 240 g/mol. The lowest BCUT2D eigenvalue weighted by Crippen LogP contribution is -2.34. The van der Waals surface area contributed by atoms with Gasteiger partial charge in [0.2, 0.25) is 0 Å². The standard InChI is InChI=1S/C15H32N2/c1-5-9-16-11-14(4)12-17-10-8-15(6-2,7-3)13-17/h14,16H,5-13H2,1-4H3. The second kappa shape index (κ2) is 7.38. The molecule has 1 rings (SSSR count). The van der Waals surface area contributed by atoms with Gasteiger partial charge in [-0.1, -0.05) is 27.7 Å². The lowest BCUT2D eigenvalue weighted by atomic mass is 9.82. The van der Waals surface area contributed by atoms with E-state index in [1.165, 1.54) is 51.9 Å². The van der Waals surface area contributed by atoms with E-state index in [-0.39, 0.29) is 0 Å². The molecule has 0 spiro atoms. The van der Waals surface area contributed by atoms with Gasteiger partial charge in [0.25, 0.3) is 0 Å². The third-order valence-corrected chi connectivity index (χ3v) is 4.51. The maximum atomic E-state index is 3.53. The van der Waals surface area contributed by atoms with Gasteiger partial charge in [0.15, 0.2) is 0 Å². The van der Waals surface area contributed by atoms with Crippen LogP contribution in [-0.4, -0.2) is 37.6 Å². The molecule has 0 aromatic carbocycles. The summed E-state index contributed by atoms with van der Waals surface area (Å²) in [6.45, 7) is 15.6. The molecule has 1 aliphatic heterocycles. The number of rotatable bonds is 8. The van der Waals surface area contributed by atoms with Crippen molar-refractivity contribution in [2.24, 2.45) is 11.3 Å². The predicted octanol–water partition coefficient (Wildman–Crippen LogP) is 3.13. The lowest BCUT2D eigenvalue weighted by Gasteiger charge is -2.27. The van der Waals surface area contributed by atoms with Gasteiger partial charge < -0.3 is 10.2 Å². The van der Waals surface area contributed by atoms with E-state index in [9.17, 15) is 0 Å². The highest BCUT2D eigenvalue weighted by Gasteiger charge is 2.34. The molecule has 1 unspecified atom stereocenters. The third kappa shape index (κ3) is 4.59. The van der Waals surface area contributed by atoms with Crippen LogP contribution in [-0.2, 0) is 0 Å². The highest BCUT2D eigenvalue weighted by Crippen LogP contribution is 2.36. The Morgan fingerprint density at radius 3 is 2.47 bits per heavy atom. The average Bonchev–Trinajstić information content (AvgIpc) is 2.73. The average molecular weight is 240 g/mol. The molecule has 2 nitrogen and oxygen atoms in total. The summed E-state index contributed by atoms with van der Waals surface area (Å²) in [5, 5.41) is 3.53. The van der Waals surface area contributed by atoms with Gasteiger partial charge in [0.1, 0.15) is 0 Å². The summed E-state index contributed by atoms with van der Waals surface area (Å²) in [7, 11) is 0. The molecule has 0 radical (unpaired) electrons. The maximum Gasteiger partial charge on any atom is 0.00384 e. The van der Waals surface area contributed by atoms with Crippen LogP contribution >= 0.6 is 0 Å². The molecule has 0 amide bonds. The molecule has 1 saturated heterocycles. The molecular formula is C15H32N2. The van der Waals surface area contributed by atoms with Crippen LogP contribution in [0.1, 0.15) is 53.4 Å². The predicted molar refractivity (Wildman–Crippen MR) is 76.4 cm³/mol. The van der Waals surface area contributed by atoms with Crippen LogP contribution < -0.4 is 5.32 Å². The minimum Gasteiger partial charge on any atom is -0.316 e. The molecular weight excluding hydrogens is 208 g/mol. The van der Waals surface area contributed by atoms with Crippen LogP contribution in [0.25, 0.3) is 0 Å². The van der Waals surface area contributed by atoms with Crippen molar-refractivity contribution in [1.82, 2.24) is 10.2 Å². The van der Waals surface area contributed by atoms with Crippen molar-refractivity contribution in [2.45, 2.75) is 53.4 Å². The summed E-state index contributed by atoms with van der Waals surface area (Å²) in [5.41, 5.74) is 0.635. The fourth-order valence-corrected chi connectivity index (χ4v) is 3.04. The zero-order chi connectivity index (χ0) is 12.7. The third-order valence-electron chi connectivity index (χ3n) is 4.51. The minimum absolute atomic E-state index is 0.635. The maximum absolute atomic E-state index is 3.53. The summed E-state index contributed by atoms with van der Waals surface area (Å²) in [5.74, 6) is 0.783. The number of nitrogens with zero attached hydrogens (tertiary/aromatic N) is 1. The van der Waals surface area contributed by atoms with Crippen LogP contribution in [0.4, 0.5) is 0 Å². The Labute approximate surface area is 108 Å². The smallest absolute Gasteiger partial charge is 0.00384 e. The second-order valence-electron chi connectivity index (χ2n) is 6.00. The SMILES string of the molecule is CCCNCC(C)CN1CCC(CC)(CC)C1. The lowest BCUT2D eigenvalue weighted by molar-refractivity contribution is 0.221. The summed E-state index contributed by atoms with van der Waals surface area (Å²) in [4.78, 5) is 2.69. The van der Waals surface area contributed by atoms with E-state index >= 15 is 0 Å². The quantitative estimate of drug-likeness (QED) is 0.656. The minimum atomic E-state index is 0.635. The van der Waals surface area contributed by atoms with Crippen molar-refractivity contribution in [1.29, 1.82) is 0 Å². The van der Waals surface area contributed by atoms with Gasteiger partial charge in [-0.05, 0) is 56.7 Å². The molecule has 102 valence electrons. The number of hydrogen-bond donors (Lipinski definition) is 1. The number of nitrogens with one attached hydrogen (secondary N) is 1. The zero-order valence-corrected chi connectivity index (χ0v) is 12.4. The van der Waals surface area contributed by atoms with E-state index in [0.29, 0.717) is 5.41 Å². The van der Waals surface area contributed by atoms with Crippen LogP contribution in [0, 0.1) is 11.3 Å². The summed E-state index contributed by atoms with van der Waals surface area (Å²) in [6.07, 6.45) is 5.35. The number of hydrogen-bond acceptors (Lipinski definition) is 2. The molecule has 0 saturated carbocycles. The van der Waals surface area contributed by atoms with E-state index in [2.05, 4.69) is 37.9 Å². The fourth-order valence-electron chi connectivity index (χ4n) is 3.04. The van der Waals surface area contributed by atoms with Crippen molar-refractivity contribution in [3.8, 4) is 0 Å². The van der Waals surface area contributed by atoms with Crippen molar-refractivity contribution < 1.29 is 0 Å². The molecule has 17 heavy (non-hydrogen) atoms. The van der Waals surface area contributed by atoms with Crippen LogP contribution in [0.2, 0.25) is 0 Å². The first-order valence-electron chi connectivity index (χ1n) is 7.59. The fraction of sp³-hybridized carbons (Fsp3) is 1.00. The summed E-state index contributed by atoms with van der Waals surface area (Å²) in [6, 6.07) is 0. The van der Waals surface area contributed by atoms with Crippen molar-refractivity contribution >= 4 is 0 Å². The van der Waals surface area contributed by atoms with Gasteiger partial charge >= 0.3 is 0 Å². The molecule has 0 aromatic heterocycles. The van der Waals surface area contributed by atoms with E-state index in [1.54, 1.807) is 0 Å². The first kappa shape index (κ1) is 15.0. The first-order chi connectivity index (χ1) is 8.15. The van der Waals surface area contributed by atoms with Gasteiger partial charge in [-0.2, -0.15) is 0 Å². The first-order valence-corrected chi connectivity index (χ1v) is 7.59. The second-order valence-corrected chi connectivity index (χ2v) is 6.00. The van der Waals surface area contributed by atoms with Crippen molar-refractivity contribution in [2.75, 3.05) is 32.7 Å². The Kier molecular flexibility index (Phi) is 6.50. The molecule has 1 fully saturated rings. The Bertz CT molecular complexity index is 199. The molecule has 0 bridgehead atoms. The zero-order valence-electron chi connectivity index (χ0n) is 12.4. The van der Waals surface area contributed by atoms with Gasteiger partial charge in [-0.15, -0.1) is 0 Å². The topological polar surface area (TPSA) is 15.3 Å². The van der Waals surface area contributed by atoms with Crippen LogP contribution in [0.5, 0.6) is 0 Å². The Balaban J connectivity index is 2.24. The number of likely N-dealkylation sites (tertiary alicyclic amines) is 1. The molecule has 1 atom stereocenters. The van der Waals surface area contributed by atoms with Crippen LogP contribution in [0.15, 0.2) is 0 Å². The van der Waals surface area contributed by atoms with E-state index in [0.717, 1.165) is 12.5 Å².